The molecule has 0 aliphatic heterocycles. The number of benzene rings is 3. The van der Waals surface area contributed by atoms with Crippen LogP contribution >= 0.6 is 0 Å². The number of aryl methyl sites for hydroxylation is 1. The topological polar surface area (TPSA) is 51.2 Å². The zero-order chi connectivity index (χ0) is 19.5. The van der Waals surface area contributed by atoms with Crippen LogP contribution < -0.4 is 10.1 Å². The van der Waals surface area contributed by atoms with Gasteiger partial charge in [0.2, 0.25) is 0 Å². The van der Waals surface area contributed by atoms with E-state index in [0.29, 0.717) is 17.0 Å². The number of nitrogens with one attached hydrogen (secondary N) is 1. The third-order valence-corrected chi connectivity index (χ3v) is 4.74. The second-order valence-electron chi connectivity index (χ2n) is 6.54. The summed E-state index contributed by atoms with van der Waals surface area (Å²) in [4.78, 5) is 18.0. The summed E-state index contributed by atoms with van der Waals surface area (Å²) >= 11 is 0. The van der Waals surface area contributed by atoms with E-state index >= 15 is 0 Å². The van der Waals surface area contributed by atoms with Gasteiger partial charge in [0.25, 0.3) is 5.91 Å². The minimum Gasteiger partial charge on any atom is -0.495 e. The van der Waals surface area contributed by atoms with E-state index in [-0.39, 0.29) is 5.91 Å². The fourth-order valence-electron chi connectivity index (χ4n) is 3.30. The van der Waals surface area contributed by atoms with Crippen LogP contribution in [0.5, 0.6) is 5.75 Å². The second kappa shape index (κ2) is 7.53. The molecule has 28 heavy (non-hydrogen) atoms. The Bertz CT molecular complexity index is 1170. The molecule has 3 aromatic carbocycles. The van der Waals surface area contributed by atoms with Gasteiger partial charge in [-0.2, -0.15) is 0 Å². The summed E-state index contributed by atoms with van der Waals surface area (Å²) in [5.74, 6) is 0.422. The first-order chi connectivity index (χ1) is 13.7. The summed E-state index contributed by atoms with van der Waals surface area (Å²) in [6, 6.07) is 25.0. The number of hydrogen-bond donors (Lipinski definition) is 1. The molecular weight excluding hydrogens is 348 g/mol. The molecule has 1 heterocycles. The van der Waals surface area contributed by atoms with Crippen LogP contribution in [0.2, 0.25) is 0 Å². The van der Waals surface area contributed by atoms with Crippen LogP contribution in [0.3, 0.4) is 0 Å². The molecule has 0 spiro atoms. The molecule has 0 atom stereocenters. The summed E-state index contributed by atoms with van der Waals surface area (Å²) in [6.45, 7) is 2.04. The lowest BCUT2D eigenvalue weighted by Crippen LogP contribution is -2.13. The monoisotopic (exact) mass is 368 g/mol. The first kappa shape index (κ1) is 17.7. The molecule has 0 unspecified atom stereocenters. The van der Waals surface area contributed by atoms with Crippen LogP contribution in [0, 0.1) is 6.92 Å². The fourth-order valence-corrected chi connectivity index (χ4v) is 3.30. The van der Waals surface area contributed by atoms with Crippen molar-refractivity contribution in [2.24, 2.45) is 0 Å². The number of anilines is 1. The van der Waals surface area contributed by atoms with Gasteiger partial charge in [-0.25, -0.2) is 4.98 Å². The summed E-state index contributed by atoms with van der Waals surface area (Å²) in [7, 11) is 1.59. The first-order valence-corrected chi connectivity index (χ1v) is 9.07. The summed E-state index contributed by atoms with van der Waals surface area (Å²) < 4.78 is 5.35. The normalized spacial score (nSPS) is 10.6. The number of pyridine rings is 1. The van der Waals surface area contributed by atoms with Crippen molar-refractivity contribution in [3.8, 4) is 17.0 Å². The second-order valence-corrected chi connectivity index (χ2v) is 6.54. The first-order valence-electron chi connectivity index (χ1n) is 9.07. The van der Waals surface area contributed by atoms with Crippen molar-refractivity contribution >= 4 is 22.5 Å². The van der Waals surface area contributed by atoms with Crippen LogP contribution in [0.1, 0.15) is 15.9 Å². The smallest absolute Gasteiger partial charge is 0.256 e. The average molecular weight is 368 g/mol. The number of amides is 1. The van der Waals surface area contributed by atoms with E-state index in [9.17, 15) is 4.79 Å². The van der Waals surface area contributed by atoms with Crippen molar-refractivity contribution in [2.45, 2.75) is 6.92 Å². The van der Waals surface area contributed by atoms with Gasteiger partial charge in [0.15, 0.2) is 0 Å². The van der Waals surface area contributed by atoms with Crippen LogP contribution in [-0.4, -0.2) is 18.0 Å². The zero-order valence-electron chi connectivity index (χ0n) is 15.8. The van der Waals surface area contributed by atoms with Crippen molar-refractivity contribution in [2.75, 3.05) is 12.4 Å². The van der Waals surface area contributed by atoms with Crippen molar-refractivity contribution in [3.05, 3.63) is 90.0 Å². The van der Waals surface area contributed by atoms with Crippen molar-refractivity contribution in [1.29, 1.82) is 0 Å². The quantitative estimate of drug-likeness (QED) is 0.519. The van der Waals surface area contributed by atoms with E-state index < -0.39 is 0 Å². The number of methoxy groups -OCH3 is 1. The SMILES string of the molecule is COc1ccccc1NC(=O)c1cc(-c2ccccc2C)nc2ccccc12. The van der Waals surface area contributed by atoms with Gasteiger partial charge >= 0.3 is 0 Å². The minimum atomic E-state index is -0.196. The standard InChI is InChI=1S/C24H20N2O2/c1-16-9-3-4-10-17(16)22-15-19(18-11-5-6-12-20(18)25-22)24(27)26-21-13-7-8-14-23(21)28-2/h3-15H,1-2H3,(H,26,27). The lowest BCUT2D eigenvalue weighted by Gasteiger charge is -2.13. The highest BCUT2D eigenvalue weighted by Crippen LogP contribution is 2.29. The molecule has 4 heteroatoms. The molecule has 1 N–H and O–H groups in total. The van der Waals surface area contributed by atoms with E-state index in [1.807, 2.05) is 85.8 Å². The molecule has 138 valence electrons. The summed E-state index contributed by atoms with van der Waals surface area (Å²) in [5, 5.41) is 3.78. The zero-order valence-corrected chi connectivity index (χ0v) is 15.8. The molecule has 0 bridgehead atoms. The van der Waals surface area contributed by atoms with E-state index in [4.69, 9.17) is 9.72 Å². The highest BCUT2D eigenvalue weighted by atomic mass is 16.5. The number of carbonyl (C=O) groups excluding carboxylic acids is 1. The average Bonchev–Trinajstić information content (AvgIpc) is 2.73. The largest absolute Gasteiger partial charge is 0.495 e. The molecule has 4 nitrogen and oxygen atoms in total. The van der Waals surface area contributed by atoms with Crippen molar-refractivity contribution in [1.82, 2.24) is 4.98 Å². The van der Waals surface area contributed by atoms with Crippen LogP contribution in [0.15, 0.2) is 78.9 Å². The number of aromatic nitrogens is 1. The molecule has 0 radical (unpaired) electrons. The molecule has 0 fully saturated rings. The molecule has 0 aliphatic carbocycles. The number of para-hydroxylation sites is 3. The molecule has 1 aromatic heterocycles. The van der Waals surface area contributed by atoms with Gasteiger partial charge in [0, 0.05) is 10.9 Å². The Morgan fingerprint density at radius 2 is 1.64 bits per heavy atom. The van der Waals surface area contributed by atoms with Gasteiger partial charge < -0.3 is 10.1 Å². The fraction of sp³-hybridized carbons (Fsp3) is 0.0833. The van der Waals surface area contributed by atoms with Gasteiger partial charge in [-0.1, -0.05) is 54.6 Å². The third-order valence-electron chi connectivity index (χ3n) is 4.74. The Morgan fingerprint density at radius 1 is 0.929 bits per heavy atom. The summed E-state index contributed by atoms with van der Waals surface area (Å²) in [6.07, 6.45) is 0. The minimum absolute atomic E-state index is 0.196. The van der Waals surface area contributed by atoms with E-state index in [1.54, 1.807) is 7.11 Å². The van der Waals surface area contributed by atoms with Crippen molar-refractivity contribution < 1.29 is 9.53 Å². The van der Waals surface area contributed by atoms with Gasteiger partial charge in [-0.05, 0) is 36.8 Å². The van der Waals surface area contributed by atoms with Gasteiger partial charge in [0.05, 0.1) is 29.6 Å². The maximum Gasteiger partial charge on any atom is 0.256 e. The highest BCUT2D eigenvalue weighted by molar-refractivity contribution is 6.13. The predicted octanol–water partition coefficient (Wildman–Crippen LogP) is 5.47. The van der Waals surface area contributed by atoms with E-state index in [2.05, 4.69) is 5.32 Å². The maximum absolute atomic E-state index is 13.2. The third kappa shape index (κ3) is 3.32. The Kier molecular flexibility index (Phi) is 4.77. The molecule has 4 rings (SSSR count). The Morgan fingerprint density at radius 3 is 2.46 bits per heavy atom. The van der Waals surface area contributed by atoms with Gasteiger partial charge in [0.1, 0.15) is 5.75 Å². The van der Waals surface area contributed by atoms with Gasteiger partial charge in [-0.3, -0.25) is 4.79 Å². The van der Waals surface area contributed by atoms with Gasteiger partial charge in [-0.15, -0.1) is 0 Å². The number of rotatable bonds is 4. The molecule has 0 aliphatic rings. The predicted molar refractivity (Wildman–Crippen MR) is 113 cm³/mol. The molecule has 0 saturated carbocycles. The molecule has 0 saturated heterocycles. The Hall–Kier alpha value is -3.66. The number of carbonyl (C=O) groups is 1. The number of hydrogen-bond acceptors (Lipinski definition) is 3. The maximum atomic E-state index is 13.2. The number of nitrogens with zero attached hydrogens (tertiary/aromatic N) is 1. The Balaban J connectivity index is 1.83. The lowest BCUT2D eigenvalue weighted by molar-refractivity contribution is 0.102. The number of ether oxygens (including phenoxy) is 1. The van der Waals surface area contributed by atoms with E-state index in [1.165, 1.54) is 0 Å². The van der Waals surface area contributed by atoms with Crippen LogP contribution in [0.25, 0.3) is 22.2 Å². The van der Waals surface area contributed by atoms with E-state index in [0.717, 1.165) is 27.7 Å². The van der Waals surface area contributed by atoms with Crippen LogP contribution in [0.4, 0.5) is 5.69 Å². The molecule has 4 aromatic rings. The number of fused-ring (bicyclic) bond motifs is 1. The molecule has 1 amide bonds. The van der Waals surface area contributed by atoms with Crippen molar-refractivity contribution in [3.63, 3.8) is 0 Å². The Labute approximate surface area is 163 Å². The highest BCUT2D eigenvalue weighted by Gasteiger charge is 2.16. The molecular formula is C24H20N2O2. The van der Waals surface area contributed by atoms with Crippen LogP contribution in [-0.2, 0) is 0 Å². The summed E-state index contributed by atoms with van der Waals surface area (Å²) in [5.41, 5.74) is 4.90. The lowest BCUT2D eigenvalue weighted by atomic mass is 10.0.